The SMILES string of the molecule is [O-][N+](Cc1ccccc1)=C1CCCCC1. The van der Waals surface area contributed by atoms with Crippen LogP contribution in [0.5, 0.6) is 0 Å². The lowest BCUT2D eigenvalue weighted by Crippen LogP contribution is -2.18. The molecule has 0 saturated heterocycles. The van der Waals surface area contributed by atoms with Crippen molar-refractivity contribution < 1.29 is 4.74 Å². The average Bonchev–Trinajstić information content (AvgIpc) is 2.31. The minimum absolute atomic E-state index is 0.510. The van der Waals surface area contributed by atoms with Gasteiger partial charge in [0, 0.05) is 18.4 Å². The van der Waals surface area contributed by atoms with Crippen LogP contribution in [0.25, 0.3) is 0 Å². The van der Waals surface area contributed by atoms with Gasteiger partial charge in [0.05, 0.1) is 0 Å². The Morgan fingerprint density at radius 3 is 2.33 bits per heavy atom. The summed E-state index contributed by atoms with van der Waals surface area (Å²) in [4.78, 5) is 0. The fourth-order valence-corrected chi connectivity index (χ4v) is 2.07. The van der Waals surface area contributed by atoms with E-state index in [1.165, 1.54) is 24.0 Å². The second-order valence-corrected chi connectivity index (χ2v) is 4.15. The minimum atomic E-state index is 0.510. The first-order valence-electron chi connectivity index (χ1n) is 5.69. The van der Waals surface area contributed by atoms with E-state index in [9.17, 15) is 5.21 Å². The zero-order chi connectivity index (χ0) is 10.5. The highest BCUT2D eigenvalue weighted by Gasteiger charge is 2.14. The number of nitrogens with zero attached hydrogens (tertiary/aromatic N) is 1. The molecule has 15 heavy (non-hydrogen) atoms. The third-order valence-electron chi connectivity index (χ3n) is 2.95. The van der Waals surface area contributed by atoms with Gasteiger partial charge < -0.3 is 5.21 Å². The van der Waals surface area contributed by atoms with Crippen LogP contribution in [0.1, 0.15) is 37.7 Å². The molecule has 0 heterocycles. The highest BCUT2D eigenvalue weighted by atomic mass is 16.5. The molecule has 1 aromatic carbocycles. The first-order chi connectivity index (χ1) is 7.36. The number of rotatable bonds is 2. The van der Waals surface area contributed by atoms with Crippen LogP contribution in [-0.2, 0) is 6.54 Å². The van der Waals surface area contributed by atoms with E-state index < -0.39 is 0 Å². The Balaban J connectivity index is 2.05. The summed E-state index contributed by atoms with van der Waals surface area (Å²) in [6, 6.07) is 9.96. The first-order valence-corrected chi connectivity index (χ1v) is 5.69. The first kappa shape index (κ1) is 10.2. The van der Waals surface area contributed by atoms with Crippen LogP contribution in [0.3, 0.4) is 0 Å². The molecule has 0 atom stereocenters. The molecule has 1 aliphatic carbocycles. The van der Waals surface area contributed by atoms with Crippen molar-refractivity contribution in [1.29, 1.82) is 0 Å². The molecule has 0 bridgehead atoms. The summed E-state index contributed by atoms with van der Waals surface area (Å²) in [5.74, 6) is 0. The summed E-state index contributed by atoms with van der Waals surface area (Å²) < 4.78 is 1.19. The average molecular weight is 203 g/mol. The maximum atomic E-state index is 11.8. The van der Waals surface area contributed by atoms with Gasteiger partial charge in [0.25, 0.3) is 0 Å². The molecule has 1 aromatic rings. The molecule has 0 aliphatic heterocycles. The second kappa shape index (κ2) is 4.96. The molecule has 0 spiro atoms. The minimum Gasteiger partial charge on any atom is -0.624 e. The van der Waals surface area contributed by atoms with Crippen LogP contribution in [-0.4, -0.2) is 10.5 Å². The van der Waals surface area contributed by atoms with Crippen LogP contribution in [0.2, 0.25) is 0 Å². The standard InChI is InChI=1S/C13H17NO/c15-14(13-9-5-2-6-10-13)11-12-7-3-1-4-8-12/h1,3-4,7-8H,2,5-6,9-11H2. The maximum absolute atomic E-state index is 11.8. The Kier molecular flexibility index (Phi) is 3.38. The summed E-state index contributed by atoms with van der Waals surface area (Å²) in [5, 5.41) is 11.8. The molecule has 80 valence electrons. The lowest BCUT2D eigenvalue weighted by molar-refractivity contribution is -0.477. The van der Waals surface area contributed by atoms with Gasteiger partial charge in [0.2, 0.25) is 0 Å². The van der Waals surface area contributed by atoms with Crippen molar-refractivity contribution in [2.24, 2.45) is 0 Å². The van der Waals surface area contributed by atoms with Gasteiger partial charge in [0.1, 0.15) is 0 Å². The van der Waals surface area contributed by atoms with Crippen molar-refractivity contribution in [2.75, 3.05) is 0 Å². The van der Waals surface area contributed by atoms with Gasteiger partial charge in [-0.1, -0.05) is 36.8 Å². The summed E-state index contributed by atoms with van der Waals surface area (Å²) in [7, 11) is 0. The van der Waals surface area contributed by atoms with Crippen LogP contribution in [0.15, 0.2) is 30.3 Å². The summed E-state index contributed by atoms with van der Waals surface area (Å²) in [5.41, 5.74) is 2.19. The molecule has 1 fully saturated rings. The lowest BCUT2D eigenvalue weighted by atomic mass is 9.98. The molecule has 1 aliphatic rings. The van der Waals surface area contributed by atoms with Crippen molar-refractivity contribution >= 4 is 5.71 Å². The molecular formula is C13H17NO. The fraction of sp³-hybridized carbons (Fsp3) is 0.462. The molecule has 0 unspecified atom stereocenters. The quantitative estimate of drug-likeness (QED) is 0.412. The monoisotopic (exact) mass is 203 g/mol. The summed E-state index contributed by atoms with van der Waals surface area (Å²) in [6.07, 6.45) is 5.64. The van der Waals surface area contributed by atoms with Crippen LogP contribution < -0.4 is 0 Å². The number of benzene rings is 1. The van der Waals surface area contributed by atoms with Crippen molar-refractivity contribution in [3.63, 3.8) is 0 Å². The fourth-order valence-electron chi connectivity index (χ4n) is 2.07. The molecule has 2 nitrogen and oxygen atoms in total. The largest absolute Gasteiger partial charge is 0.624 e. The van der Waals surface area contributed by atoms with Crippen LogP contribution >= 0.6 is 0 Å². The lowest BCUT2D eigenvalue weighted by Gasteiger charge is -2.14. The molecule has 0 aromatic heterocycles. The van der Waals surface area contributed by atoms with Gasteiger partial charge in [-0.3, -0.25) is 0 Å². The van der Waals surface area contributed by atoms with E-state index >= 15 is 0 Å². The van der Waals surface area contributed by atoms with Crippen LogP contribution in [0.4, 0.5) is 0 Å². The van der Waals surface area contributed by atoms with Crippen molar-refractivity contribution in [2.45, 2.75) is 38.6 Å². The van der Waals surface area contributed by atoms with Gasteiger partial charge >= 0.3 is 0 Å². The molecule has 2 rings (SSSR count). The third kappa shape index (κ3) is 2.82. The number of hydroxylamine groups is 1. The Bertz CT molecular complexity index is 335. The van der Waals surface area contributed by atoms with Gasteiger partial charge in [-0.2, -0.15) is 0 Å². The van der Waals surface area contributed by atoms with E-state index in [1.54, 1.807) is 0 Å². The van der Waals surface area contributed by atoms with E-state index in [2.05, 4.69) is 0 Å². The van der Waals surface area contributed by atoms with Gasteiger partial charge in [-0.05, 0) is 12.8 Å². The molecule has 2 heteroatoms. The van der Waals surface area contributed by atoms with E-state index in [-0.39, 0.29) is 0 Å². The van der Waals surface area contributed by atoms with E-state index in [4.69, 9.17) is 0 Å². The Morgan fingerprint density at radius 1 is 1.00 bits per heavy atom. The topological polar surface area (TPSA) is 26.1 Å². The zero-order valence-electron chi connectivity index (χ0n) is 8.98. The predicted octanol–water partition coefficient (Wildman–Crippen LogP) is 3.10. The molecule has 0 N–H and O–H groups in total. The van der Waals surface area contributed by atoms with Gasteiger partial charge in [-0.15, -0.1) is 0 Å². The highest BCUT2D eigenvalue weighted by molar-refractivity contribution is 5.80. The van der Waals surface area contributed by atoms with E-state index in [0.717, 1.165) is 24.1 Å². The molecule has 0 radical (unpaired) electrons. The summed E-state index contributed by atoms with van der Waals surface area (Å²) in [6.45, 7) is 0.510. The zero-order valence-corrected chi connectivity index (χ0v) is 8.98. The smallest absolute Gasteiger partial charge is 0.178 e. The predicted molar refractivity (Wildman–Crippen MR) is 61.9 cm³/mol. The van der Waals surface area contributed by atoms with E-state index in [1.807, 2.05) is 30.3 Å². The Morgan fingerprint density at radius 2 is 1.67 bits per heavy atom. The Labute approximate surface area is 90.8 Å². The van der Waals surface area contributed by atoms with Gasteiger partial charge in [-0.25, -0.2) is 4.74 Å². The Hall–Kier alpha value is -1.31. The highest BCUT2D eigenvalue weighted by Crippen LogP contribution is 2.15. The number of hydrogen-bond acceptors (Lipinski definition) is 1. The second-order valence-electron chi connectivity index (χ2n) is 4.15. The molecule has 0 amide bonds. The van der Waals surface area contributed by atoms with E-state index in [0.29, 0.717) is 6.54 Å². The summed E-state index contributed by atoms with van der Waals surface area (Å²) >= 11 is 0. The third-order valence-corrected chi connectivity index (χ3v) is 2.95. The van der Waals surface area contributed by atoms with Crippen LogP contribution in [0, 0.1) is 5.21 Å². The normalized spacial score (nSPS) is 16.4. The molecule has 1 saturated carbocycles. The molecular weight excluding hydrogens is 186 g/mol. The van der Waals surface area contributed by atoms with Crippen molar-refractivity contribution in [3.05, 3.63) is 41.1 Å². The van der Waals surface area contributed by atoms with Crippen molar-refractivity contribution in [1.82, 2.24) is 0 Å². The number of hydrogen-bond donors (Lipinski definition) is 0. The maximum Gasteiger partial charge on any atom is 0.178 e. The van der Waals surface area contributed by atoms with Gasteiger partial charge in [0.15, 0.2) is 12.3 Å². The van der Waals surface area contributed by atoms with Crippen molar-refractivity contribution in [3.8, 4) is 0 Å².